The number of nitrogens with zero attached hydrogens (tertiary/aromatic N) is 1. The maximum atomic E-state index is 11.4. The highest BCUT2D eigenvalue weighted by atomic mass is 16.2. The van der Waals surface area contributed by atoms with Crippen LogP contribution in [0.3, 0.4) is 0 Å². The molecule has 16 heavy (non-hydrogen) atoms. The summed E-state index contributed by atoms with van der Waals surface area (Å²) in [4.78, 5) is 22.5. The van der Waals surface area contributed by atoms with Crippen molar-refractivity contribution in [2.24, 2.45) is 11.7 Å². The quantitative estimate of drug-likeness (QED) is 0.613. The first kappa shape index (κ1) is 12.5. The average Bonchev–Trinajstić information content (AvgIpc) is 3.05. The van der Waals surface area contributed by atoms with E-state index in [9.17, 15) is 9.59 Å². The summed E-state index contributed by atoms with van der Waals surface area (Å²) in [6.45, 7) is 0. The van der Waals surface area contributed by atoms with Crippen molar-refractivity contribution in [3.8, 4) is 6.07 Å². The molecule has 1 atom stereocenters. The summed E-state index contributed by atoms with van der Waals surface area (Å²) in [5.74, 6) is -0.476. The largest absolute Gasteiger partial charge is 0.368 e. The van der Waals surface area contributed by atoms with Crippen LogP contribution in [0.25, 0.3) is 0 Å². The van der Waals surface area contributed by atoms with Crippen molar-refractivity contribution in [1.29, 1.82) is 5.26 Å². The lowest BCUT2D eigenvalue weighted by Gasteiger charge is -2.14. The van der Waals surface area contributed by atoms with E-state index in [4.69, 9.17) is 11.0 Å². The van der Waals surface area contributed by atoms with E-state index in [-0.39, 0.29) is 11.8 Å². The molecular weight excluding hydrogens is 206 g/mol. The molecule has 1 fully saturated rings. The molecule has 1 saturated carbocycles. The van der Waals surface area contributed by atoms with Gasteiger partial charge in [-0.2, -0.15) is 5.26 Å². The van der Waals surface area contributed by atoms with Crippen LogP contribution in [-0.4, -0.2) is 17.9 Å². The van der Waals surface area contributed by atoms with Gasteiger partial charge in [-0.15, -0.1) is 0 Å². The second kappa shape index (κ2) is 6.11. The maximum Gasteiger partial charge on any atom is 0.239 e. The molecule has 1 aliphatic carbocycles. The van der Waals surface area contributed by atoms with Gasteiger partial charge in [0.25, 0.3) is 0 Å². The topological polar surface area (TPSA) is 96.0 Å². The van der Waals surface area contributed by atoms with E-state index in [1.807, 2.05) is 6.07 Å². The van der Waals surface area contributed by atoms with Crippen LogP contribution in [0.5, 0.6) is 0 Å². The van der Waals surface area contributed by atoms with Crippen molar-refractivity contribution in [2.45, 2.75) is 44.6 Å². The Labute approximate surface area is 95.0 Å². The Balaban J connectivity index is 2.26. The summed E-state index contributed by atoms with van der Waals surface area (Å²) in [5, 5.41) is 11.0. The van der Waals surface area contributed by atoms with Crippen LogP contribution < -0.4 is 11.1 Å². The lowest BCUT2D eigenvalue weighted by Crippen LogP contribution is -2.45. The number of carbonyl (C=O) groups excluding carboxylic acids is 2. The molecule has 0 unspecified atom stereocenters. The molecule has 0 heterocycles. The molecule has 0 aromatic rings. The summed E-state index contributed by atoms with van der Waals surface area (Å²) in [6.07, 6.45) is 4.28. The standard InChI is InChI=1S/C11H17N3O2/c12-7-3-1-2-4-9(10(13)15)14-11(16)8-5-6-8/h8-9H,1-6H2,(H2,13,15)(H,14,16)/t9-/m0/s1. The van der Waals surface area contributed by atoms with Gasteiger partial charge in [0.05, 0.1) is 6.07 Å². The predicted molar refractivity (Wildman–Crippen MR) is 57.9 cm³/mol. The number of nitrogens with two attached hydrogens (primary N) is 1. The highest BCUT2D eigenvalue weighted by Crippen LogP contribution is 2.29. The van der Waals surface area contributed by atoms with Crippen LogP contribution in [0.15, 0.2) is 0 Å². The third-order valence-corrected chi connectivity index (χ3v) is 2.64. The second-order valence-electron chi connectivity index (χ2n) is 4.14. The fraction of sp³-hybridized carbons (Fsp3) is 0.727. The van der Waals surface area contributed by atoms with Crippen molar-refractivity contribution in [1.82, 2.24) is 5.32 Å². The van der Waals surface area contributed by atoms with Gasteiger partial charge in [-0.1, -0.05) is 0 Å². The van der Waals surface area contributed by atoms with Gasteiger partial charge in [0.1, 0.15) is 6.04 Å². The minimum atomic E-state index is -0.577. The molecule has 5 nitrogen and oxygen atoms in total. The Hall–Kier alpha value is -1.57. The smallest absolute Gasteiger partial charge is 0.239 e. The SMILES string of the molecule is N#CCCCC[C@H](NC(=O)C1CC1)C(N)=O. The van der Waals surface area contributed by atoms with E-state index in [1.54, 1.807) is 0 Å². The van der Waals surface area contributed by atoms with E-state index >= 15 is 0 Å². The van der Waals surface area contributed by atoms with Crippen LogP contribution in [-0.2, 0) is 9.59 Å². The Bertz CT molecular complexity index is 305. The van der Waals surface area contributed by atoms with Crippen LogP contribution in [0, 0.1) is 17.2 Å². The van der Waals surface area contributed by atoms with Crippen LogP contribution in [0.1, 0.15) is 38.5 Å². The van der Waals surface area contributed by atoms with Crippen LogP contribution in [0.2, 0.25) is 0 Å². The highest BCUT2D eigenvalue weighted by molar-refractivity contribution is 5.88. The zero-order valence-electron chi connectivity index (χ0n) is 9.24. The number of nitriles is 1. The fourth-order valence-electron chi connectivity index (χ4n) is 1.47. The molecule has 0 aromatic carbocycles. The summed E-state index contributed by atoms with van der Waals surface area (Å²) >= 11 is 0. The number of carbonyl (C=O) groups is 2. The van der Waals surface area contributed by atoms with E-state index in [0.29, 0.717) is 12.8 Å². The predicted octanol–water partition coefficient (Wildman–Crippen LogP) is 0.450. The molecule has 0 aromatic heterocycles. The first-order valence-electron chi connectivity index (χ1n) is 5.61. The van der Waals surface area contributed by atoms with Crippen molar-refractivity contribution in [3.05, 3.63) is 0 Å². The molecule has 5 heteroatoms. The van der Waals surface area contributed by atoms with Gasteiger partial charge >= 0.3 is 0 Å². The van der Waals surface area contributed by atoms with Crippen LogP contribution in [0.4, 0.5) is 0 Å². The lowest BCUT2D eigenvalue weighted by atomic mass is 10.1. The zero-order chi connectivity index (χ0) is 12.0. The van der Waals surface area contributed by atoms with Gasteiger partial charge in [-0.05, 0) is 32.1 Å². The fourth-order valence-corrected chi connectivity index (χ4v) is 1.47. The summed E-state index contributed by atoms with van der Waals surface area (Å²) in [7, 11) is 0. The Morgan fingerprint density at radius 1 is 1.44 bits per heavy atom. The van der Waals surface area contributed by atoms with E-state index in [0.717, 1.165) is 25.7 Å². The van der Waals surface area contributed by atoms with Gasteiger partial charge in [-0.25, -0.2) is 0 Å². The summed E-state index contributed by atoms with van der Waals surface area (Å²) < 4.78 is 0. The van der Waals surface area contributed by atoms with Crippen LogP contribution >= 0.6 is 0 Å². The molecule has 0 saturated heterocycles. The number of amides is 2. The minimum Gasteiger partial charge on any atom is -0.368 e. The van der Waals surface area contributed by atoms with Crippen molar-refractivity contribution >= 4 is 11.8 Å². The molecule has 0 aliphatic heterocycles. The number of hydrogen-bond acceptors (Lipinski definition) is 3. The van der Waals surface area contributed by atoms with E-state index in [2.05, 4.69) is 5.32 Å². The minimum absolute atomic E-state index is 0.0657. The zero-order valence-corrected chi connectivity index (χ0v) is 9.24. The van der Waals surface area contributed by atoms with E-state index < -0.39 is 11.9 Å². The second-order valence-corrected chi connectivity index (χ2v) is 4.14. The molecular formula is C11H17N3O2. The van der Waals surface area contributed by atoms with Gasteiger partial charge < -0.3 is 11.1 Å². The van der Waals surface area contributed by atoms with Gasteiger partial charge in [-0.3, -0.25) is 9.59 Å². The molecule has 0 bridgehead atoms. The molecule has 0 radical (unpaired) electrons. The lowest BCUT2D eigenvalue weighted by molar-refractivity contribution is -0.128. The van der Waals surface area contributed by atoms with Gasteiger partial charge in [0.2, 0.25) is 11.8 Å². The number of primary amides is 1. The molecule has 1 rings (SSSR count). The van der Waals surface area contributed by atoms with E-state index in [1.165, 1.54) is 0 Å². The molecule has 88 valence electrons. The Morgan fingerprint density at radius 3 is 2.62 bits per heavy atom. The average molecular weight is 223 g/mol. The van der Waals surface area contributed by atoms with Crippen molar-refractivity contribution in [2.75, 3.05) is 0 Å². The van der Waals surface area contributed by atoms with Crippen molar-refractivity contribution in [3.63, 3.8) is 0 Å². The van der Waals surface area contributed by atoms with Gasteiger partial charge in [0.15, 0.2) is 0 Å². The van der Waals surface area contributed by atoms with Gasteiger partial charge in [0, 0.05) is 12.3 Å². The Morgan fingerprint density at radius 2 is 2.12 bits per heavy atom. The molecule has 1 aliphatic rings. The number of nitrogens with one attached hydrogen (secondary N) is 1. The third kappa shape index (κ3) is 4.30. The third-order valence-electron chi connectivity index (χ3n) is 2.64. The number of hydrogen-bond donors (Lipinski definition) is 2. The molecule has 3 N–H and O–H groups in total. The molecule has 2 amide bonds. The monoisotopic (exact) mass is 223 g/mol. The number of unbranched alkanes of at least 4 members (excludes halogenated alkanes) is 2. The van der Waals surface area contributed by atoms with Crippen molar-refractivity contribution < 1.29 is 9.59 Å². The first-order valence-corrected chi connectivity index (χ1v) is 5.61. The molecule has 0 spiro atoms. The summed E-state index contributed by atoms with van der Waals surface area (Å²) in [5.41, 5.74) is 5.20. The highest BCUT2D eigenvalue weighted by Gasteiger charge is 2.31. The first-order chi connectivity index (χ1) is 7.65. The normalized spacial score (nSPS) is 16.2. The Kier molecular flexibility index (Phi) is 4.77. The maximum absolute atomic E-state index is 11.4. The summed E-state index contributed by atoms with van der Waals surface area (Å²) in [6, 6.07) is 1.46. The number of rotatable bonds is 7.